The van der Waals surface area contributed by atoms with Crippen molar-refractivity contribution in [3.8, 4) is 5.88 Å². The van der Waals surface area contributed by atoms with Gasteiger partial charge in [-0.05, 0) is 30.2 Å². The molecule has 2 rings (SSSR count). The summed E-state index contributed by atoms with van der Waals surface area (Å²) in [7, 11) is 0. The molecule has 3 heteroatoms. The fourth-order valence-electron chi connectivity index (χ4n) is 1.32. The molecular weight excluding hydrogens is 205 g/mol. The zero-order chi connectivity index (χ0) is 11.4. The lowest BCUT2D eigenvalue weighted by Gasteiger charge is -2.05. The van der Waals surface area contributed by atoms with Crippen LogP contribution in [0.3, 0.4) is 0 Å². The van der Waals surface area contributed by atoms with E-state index in [9.17, 15) is 4.39 Å². The summed E-state index contributed by atoms with van der Waals surface area (Å²) < 4.78 is 18.3. The van der Waals surface area contributed by atoms with Crippen LogP contribution in [0.1, 0.15) is 11.1 Å². The van der Waals surface area contributed by atoms with E-state index in [1.54, 1.807) is 18.3 Å². The first-order valence-electron chi connectivity index (χ1n) is 5.04. The van der Waals surface area contributed by atoms with Crippen LogP contribution in [0.2, 0.25) is 0 Å². The van der Waals surface area contributed by atoms with Crippen LogP contribution in [0.15, 0.2) is 42.6 Å². The van der Waals surface area contributed by atoms with Crippen LogP contribution < -0.4 is 4.74 Å². The average Bonchev–Trinajstić information content (AvgIpc) is 2.28. The van der Waals surface area contributed by atoms with E-state index in [4.69, 9.17) is 4.74 Å². The second kappa shape index (κ2) is 4.75. The van der Waals surface area contributed by atoms with Gasteiger partial charge in [0.2, 0.25) is 5.88 Å². The molecule has 82 valence electrons. The number of aryl methyl sites for hydroxylation is 1. The highest BCUT2D eigenvalue weighted by atomic mass is 19.1. The van der Waals surface area contributed by atoms with Gasteiger partial charge in [0.15, 0.2) is 0 Å². The van der Waals surface area contributed by atoms with Gasteiger partial charge in [-0.1, -0.05) is 18.2 Å². The molecule has 0 amide bonds. The Morgan fingerprint density at radius 1 is 1.25 bits per heavy atom. The van der Waals surface area contributed by atoms with Gasteiger partial charge < -0.3 is 4.74 Å². The van der Waals surface area contributed by atoms with E-state index in [-0.39, 0.29) is 5.82 Å². The summed E-state index contributed by atoms with van der Waals surface area (Å²) in [6.45, 7) is 2.29. The van der Waals surface area contributed by atoms with Crippen molar-refractivity contribution in [2.45, 2.75) is 13.5 Å². The molecule has 0 N–H and O–H groups in total. The first-order valence-corrected chi connectivity index (χ1v) is 5.04. The number of hydrogen-bond donors (Lipinski definition) is 0. The van der Waals surface area contributed by atoms with Crippen LogP contribution in [0.25, 0.3) is 0 Å². The maximum Gasteiger partial charge on any atom is 0.213 e. The van der Waals surface area contributed by atoms with Gasteiger partial charge in [0.1, 0.15) is 12.4 Å². The fraction of sp³-hybridized carbons (Fsp3) is 0.154. The molecule has 1 heterocycles. The highest BCUT2D eigenvalue weighted by Gasteiger charge is 1.98. The summed E-state index contributed by atoms with van der Waals surface area (Å²) in [5.41, 5.74) is 1.88. The molecule has 0 spiro atoms. The van der Waals surface area contributed by atoms with Crippen LogP contribution >= 0.6 is 0 Å². The highest BCUT2D eigenvalue weighted by molar-refractivity contribution is 5.19. The van der Waals surface area contributed by atoms with Gasteiger partial charge >= 0.3 is 0 Å². The van der Waals surface area contributed by atoms with Crippen LogP contribution in [-0.4, -0.2) is 4.98 Å². The second-order valence-electron chi connectivity index (χ2n) is 3.59. The smallest absolute Gasteiger partial charge is 0.213 e. The summed E-state index contributed by atoms with van der Waals surface area (Å²) in [6, 6.07) is 10.1. The lowest BCUT2D eigenvalue weighted by molar-refractivity contribution is 0.293. The van der Waals surface area contributed by atoms with E-state index in [1.807, 2.05) is 19.1 Å². The number of aromatic nitrogens is 1. The summed E-state index contributed by atoms with van der Waals surface area (Å²) in [5, 5.41) is 0. The molecule has 0 aliphatic carbocycles. The number of hydrogen-bond acceptors (Lipinski definition) is 2. The molecule has 0 saturated carbocycles. The third kappa shape index (κ3) is 2.79. The molecule has 16 heavy (non-hydrogen) atoms. The Bertz CT molecular complexity index is 468. The minimum Gasteiger partial charge on any atom is -0.473 e. The van der Waals surface area contributed by atoms with Gasteiger partial charge in [0, 0.05) is 12.3 Å². The zero-order valence-electron chi connectivity index (χ0n) is 8.98. The number of benzene rings is 1. The largest absolute Gasteiger partial charge is 0.473 e. The molecule has 0 aliphatic heterocycles. The predicted molar refractivity (Wildman–Crippen MR) is 59.7 cm³/mol. The molecule has 0 aliphatic rings. The van der Waals surface area contributed by atoms with E-state index >= 15 is 0 Å². The average molecular weight is 217 g/mol. The van der Waals surface area contributed by atoms with Crippen LogP contribution in [0.4, 0.5) is 4.39 Å². The summed E-state index contributed by atoms with van der Waals surface area (Å²) >= 11 is 0. The van der Waals surface area contributed by atoms with E-state index in [2.05, 4.69) is 4.98 Å². The Labute approximate surface area is 93.7 Å². The molecule has 0 saturated heterocycles. The highest BCUT2D eigenvalue weighted by Crippen LogP contribution is 2.10. The Kier molecular flexibility index (Phi) is 3.15. The van der Waals surface area contributed by atoms with E-state index in [0.717, 1.165) is 11.1 Å². The van der Waals surface area contributed by atoms with Crippen LogP contribution in [-0.2, 0) is 6.61 Å². The topological polar surface area (TPSA) is 22.1 Å². The molecule has 2 aromatic rings. The Balaban J connectivity index is 1.99. The third-order valence-corrected chi connectivity index (χ3v) is 2.16. The molecule has 0 fully saturated rings. The number of pyridine rings is 1. The van der Waals surface area contributed by atoms with Crippen molar-refractivity contribution in [2.24, 2.45) is 0 Å². The number of ether oxygens (including phenoxy) is 1. The number of nitrogens with zero attached hydrogens (tertiary/aromatic N) is 1. The summed E-state index contributed by atoms with van der Waals surface area (Å²) in [4.78, 5) is 4.10. The van der Waals surface area contributed by atoms with Crippen molar-refractivity contribution < 1.29 is 9.13 Å². The molecular formula is C13H12FNO. The lowest BCUT2D eigenvalue weighted by Crippen LogP contribution is -1.97. The van der Waals surface area contributed by atoms with Gasteiger partial charge in [-0.2, -0.15) is 0 Å². The van der Waals surface area contributed by atoms with Crippen molar-refractivity contribution in [1.82, 2.24) is 4.98 Å². The third-order valence-electron chi connectivity index (χ3n) is 2.16. The molecule has 2 nitrogen and oxygen atoms in total. The normalized spacial score (nSPS) is 10.1. The summed E-state index contributed by atoms with van der Waals surface area (Å²) in [6.07, 6.45) is 1.74. The van der Waals surface area contributed by atoms with Crippen LogP contribution in [0.5, 0.6) is 5.88 Å². The molecule has 0 unspecified atom stereocenters. The quantitative estimate of drug-likeness (QED) is 0.788. The predicted octanol–water partition coefficient (Wildman–Crippen LogP) is 3.11. The van der Waals surface area contributed by atoms with Gasteiger partial charge in [0.25, 0.3) is 0 Å². The standard InChI is InChI=1S/C13H12FNO/c1-10-5-6-13(15-8-10)16-9-11-3-2-4-12(14)7-11/h2-8H,9H2,1H3. The van der Waals surface area contributed by atoms with Crippen molar-refractivity contribution >= 4 is 0 Å². The second-order valence-corrected chi connectivity index (χ2v) is 3.59. The number of halogens is 1. The molecule has 0 radical (unpaired) electrons. The Morgan fingerprint density at radius 2 is 2.12 bits per heavy atom. The van der Waals surface area contributed by atoms with Gasteiger partial charge in [-0.25, -0.2) is 9.37 Å². The van der Waals surface area contributed by atoms with Gasteiger partial charge in [-0.15, -0.1) is 0 Å². The fourth-order valence-corrected chi connectivity index (χ4v) is 1.32. The number of rotatable bonds is 3. The SMILES string of the molecule is Cc1ccc(OCc2cccc(F)c2)nc1. The van der Waals surface area contributed by atoms with Crippen molar-refractivity contribution in [2.75, 3.05) is 0 Å². The van der Waals surface area contributed by atoms with E-state index < -0.39 is 0 Å². The molecule has 1 aromatic heterocycles. The first kappa shape index (κ1) is 10.6. The zero-order valence-corrected chi connectivity index (χ0v) is 8.98. The van der Waals surface area contributed by atoms with Gasteiger partial charge in [-0.3, -0.25) is 0 Å². The molecule has 1 aromatic carbocycles. The van der Waals surface area contributed by atoms with Crippen molar-refractivity contribution in [3.63, 3.8) is 0 Å². The minimum absolute atomic E-state index is 0.252. The van der Waals surface area contributed by atoms with Crippen molar-refractivity contribution in [1.29, 1.82) is 0 Å². The van der Waals surface area contributed by atoms with E-state index in [1.165, 1.54) is 12.1 Å². The lowest BCUT2D eigenvalue weighted by atomic mass is 10.2. The van der Waals surface area contributed by atoms with Crippen molar-refractivity contribution in [3.05, 3.63) is 59.5 Å². The first-order chi connectivity index (χ1) is 7.74. The monoisotopic (exact) mass is 217 g/mol. The Morgan fingerprint density at radius 3 is 2.81 bits per heavy atom. The summed E-state index contributed by atoms with van der Waals surface area (Å²) in [5.74, 6) is 0.299. The Hall–Kier alpha value is -1.90. The van der Waals surface area contributed by atoms with Crippen LogP contribution in [0, 0.1) is 12.7 Å². The maximum absolute atomic E-state index is 12.9. The molecule has 0 bridgehead atoms. The minimum atomic E-state index is -0.252. The maximum atomic E-state index is 12.9. The van der Waals surface area contributed by atoms with E-state index in [0.29, 0.717) is 12.5 Å². The molecule has 0 atom stereocenters. The van der Waals surface area contributed by atoms with Gasteiger partial charge in [0.05, 0.1) is 0 Å².